The zero-order chi connectivity index (χ0) is 26.5. The van der Waals surface area contributed by atoms with Crippen LogP contribution in [-0.4, -0.2) is 42.4 Å². The largest absolute Gasteiger partial charge is 0.477 e. The van der Waals surface area contributed by atoms with Crippen molar-refractivity contribution < 1.29 is 19.5 Å². The number of amides is 2. The Labute approximate surface area is 208 Å². The maximum atomic E-state index is 12.9. The highest BCUT2D eigenvalue weighted by molar-refractivity contribution is 5.92. The first kappa shape index (κ1) is 24.7. The van der Waals surface area contributed by atoms with Crippen molar-refractivity contribution in [1.82, 2.24) is 19.5 Å². The summed E-state index contributed by atoms with van der Waals surface area (Å²) < 4.78 is 1.20. The third-order valence-corrected chi connectivity index (χ3v) is 5.13. The monoisotopic (exact) mass is 500 g/mol. The van der Waals surface area contributed by atoms with E-state index < -0.39 is 28.6 Å². The summed E-state index contributed by atoms with van der Waals surface area (Å²) in [5.74, 6) is -1.81. The van der Waals surface area contributed by atoms with Crippen LogP contribution in [0.4, 0.5) is 11.4 Å². The highest BCUT2D eigenvalue weighted by Crippen LogP contribution is 2.21. The van der Waals surface area contributed by atoms with Crippen LogP contribution >= 0.6 is 0 Å². The lowest BCUT2D eigenvalue weighted by Gasteiger charge is -2.13. The molecule has 0 bridgehead atoms. The number of hydrogen-bond donors (Lipinski definition) is 4. The summed E-state index contributed by atoms with van der Waals surface area (Å²) in [6, 6.07) is 14.3. The number of aromatic nitrogens is 4. The molecule has 12 heteroatoms. The van der Waals surface area contributed by atoms with Gasteiger partial charge in [-0.1, -0.05) is 24.3 Å². The zero-order valence-corrected chi connectivity index (χ0v) is 19.4. The number of rotatable bonds is 7. The molecule has 2 amide bonds. The van der Waals surface area contributed by atoms with Gasteiger partial charge in [0.05, 0.1) is 0 Å². The molecule has 12 nitrogen and oxygen atoms in total. The van der Waals surface area contributed by atoms with Gasteiger partial charge in [-0.05, 0) is 24.3 Å². The van der Waals surface area contributed by atoms with Crippen molar-refractivity contribution in [3.05, 3.63) is 93.3 Å². The van der Waals surface area contributed by atoms with E-state index in [-0.39, 0.29) is 24.1 Å². The Balaban J connectivity index is 1.57. The average molecular weight is 500 g/mol. The topological polar surface area (TPSA) is 176 Å². The second kappa shape index (κ2) is 10.5. The van der Waals surface area contributed by atoms with E-state index in [1.54, 1.807) is 48.5 Å². The van der Waals surface area contributed by atoms with Gasteiger partial charge in [0.2, 0.25) is 11.8 Å². The maximum absolute atomic E-state index is 12.9. The molecule has 0 spiro atoms. The molecule has 0 saturated heterocycles. The van der Waals surface area contributed by atoms with Gasteiger partial charge in [-0.2, -0.15) is 0 Å². The lowest BCUT2D eigenvalue weighted by molar-refractivity contribution is -0.117. The Morgan fingerprint density at radius 1 is 0.946 bits per heavy atom. The van der Waals surface area contributed by atoms with Crippen LogP contribution in [-0.2, 0) is 16.1 Å². The van der Waals surface area contributed by atoms with Gasteiger partial charge in [0.1, 0.15) is 23.8 Å². The molecule has 37 heavy (non-hydrogen) atoms. The summed E-state index contributed by atoms with van der Waals surface area (Å²) in [6.07, 6.45) is 2.29. The molecule has 0 saturated carbocycles. The summed E-state index contributed by atoms with van der Waals surface area (Å²) in [5.41, 5.74) is 0.0858. The molecule has 2 aromatic heterocycles. The third kappa shape index (κ3) is 5.82. The lowest BCUT2D eigenvalue weighted by atomic mass is 10.1. The zero-order valence-electron chi connectivity index (χ0n) is 19.4. The highest BCUT2D eigenvalue weighted by Gasteiger charge is 2.14. The first-order chi connectivity index (χ1) is 17.7. The molecule has 0 atom stereocenters. The Morgan fingerprint density at radius 3 is 2.30 bits per heavy atom. The number of H-pyrrole nitrogens is 1. The second-order valence-corrected chi connectivity index (χ2v) is 7.86. The van der Waals surface area contributed by atoms with E-state index in [2.05, 4.69) is 25.6 Å². The standard InChI is InChI=1S/C25H20N6O6/c1-14(32)28-17-6-3-5-16(11-17)23-26-9-8-21(34)31(23)13-20(33)29-18-7-2-4-15(10-18)22-27-12-19(25(36)37)24(35)30-22/h2-12H,13H2,1H3,(H,28,32)(H,29,33)(H,36,37)(H,27,30,35). The third-order valence-electron chi connectivity index (χ3n) is 5.13. The summed E-state index contributed by atoms with van der Waals surface area (Å²) in [4.78, 5) is 70.5. The molecule has 0 fully saturated rings. The fourth-order valence-corrected chi connectivity index (χ4v) is 3.54. The Bertz CT molecular complexity index is 1640. The van der Waals surface area contributed by atoms with Crippen LogP contribution in [0.5, 0.6) is 0 Å². The van der Waals surface area contributed by atoms with E-state index in [4.69, 9.17) is 5.11 Å². The fraction of sp³-hybridized carbons (Fsp3) is 0.0800. The van der Waals surface area contributed by atoms with E-state index in [1.807, 2.05) is 0 Å². The molecular weight excluding hydrogens is 480 g/mol. The highest BCUT2D eigenvalue weighted by atomic mass is 16.4. The van der Waals surface area contributed by atoms with Crippen LogP contribution < -0.4 is 21.8 Å². The van der Waals surface area contributed by atoms with Crippen molar-refractivity contribution >= 4 is 29.2 Å². The smallest absolute Gasteiger partial charge is 0.342 e. The van der Waals surface area contributed by atoms with Gasteiger partial charge < -0.3 is 20.7 Å². The molecule has 4 rings (SSSR count). The number of carbonyl (C=O) groups excluding carboxylic acids is 2. The number of aromatic amines is 1. The number of benzene rings is 2. The molecule has 186 valence electrons. The molecular formula is C25H20N6O6. The number of anilines is 2. The second-order valence-electron chi connectivity index (χ2n) is 7.86. The normalized spacial score (nSPS) is 10.5. The van der Waals surface area contributed by atoms with Crippen molar-refractivity contribution in [3.8, 4) is 22.8 Å². The van der Waals surface area contributed by atoms with Crippen LogP contribution in [0.2, 0.25) is 0 Å². The molecule has 2 heterocycles. The summed E-state index contributed by atoms with van der Waals surface area (Å²) in [6.45, 7) is 1.03. The van der Waals surface area contributed by atoms with E-state index in [0.717, 1.165) is 6.20 Å². The van der Waals surface area contributed by atoms with Gasteiger partial charge >= 0.3 is 5.97 Å². The minimum atomic E-state index is -1.40. The van der Waals surface area contributed by atoms with E-state index in [0.29, 0.717) is 22.5 Å². The van der Waals surface area contributed by atoms with Crippen molar-refractivity contribution in [2.75, 3.05) is 10.6 Å². The van der Waals surface area contributed by atoms with Gasteiger partial charge in [-0.15, -0.1) is 0 Å². The molecule has 0 aliphatic heterocycles. The minimum absolute atomic E-state index is 0.121. The number of carboxylic acid groups (broad SMARTS) is 1. The first-order valence-electron chi connectivity index (χ1n) is 10.9. The molecule has 4 aromatic rings. The van der Waals surface area contributed by atoms with Crippen molar-refractivity contribution in [2.45, 2.75) is 13.5 Å². The van der Waals surface area contributed by atoms with Crippen molar-refractivity contribution in [3.63, 3.8) is 0 Å². The molecule has 0 aliphatic rings. The fourth-order valence-electron chi connectivity index (χ4n) is 3.54. The van der Waals surface area contributed by atoms with E-state index in [9.17, 15) is 24.0 Å². The van der Waals surface area contributed by atoms with Crippen LogP contribution in [0, 0.1) is 0 Å². The maximum Gasteiger partial charge on any atom is 0.342 e. The quantitative estimate of drug-likeness (QED) is 0.298. The van der Waals surface area contributed by atoms with Crippen LogP contribution in [0.15, 0.2) is 76.6 Å². The van der Waals surface area contributed by atoms with E-state index in [1.165, 1.54) is 23.8 Å². The Kier molecular flexibility index (Phi) is 7.00. The summed E-state index contributed by atoms with van der Waals surface area (Å²) >= 11 is 0. The SMILES string of the molecule is CC(=O)Nc1cccc(-c2nccc(=O)n2CC(=O)Nc2cccc(-c3ncc(C(=O)O)c(=O)[nH]3)c2)c1. The summed E-state index contributed by atoms with van der Waals surface area (Å²) in [5, 5.41) is 14.4. The van der Waals surface area contributed by atoms with Crippen LogP contribution in [0.25, 0.3) is 22.8 Å². The number of carboxylic acids is 1. The van der Waals surface area contributed by atoms with Crippen molar-refractivity contribution in [1.29, 1.82) is 0 Å². The average Bonchev–Trinajstić information content (AvgIpc) is 2.85. The molecule has 0 radical (unpaired) electrons. The van der Waals surface area contributed by atoms with Gasteiger partial charge in [0, 0.05) is 47.9 Å². The van der Waals surface area contributed by atoms with Crippen LogP contribution in [0.3, 0.4) is 0 Å². The molecule has 0 unspecified atom stereocenters. The number of nitrogens with one attached hydrogen (secondary N) is 3. The number of aromatic carboxylic acids is 1. The lowest BCUT2D eigenvalue weighted by Crippen LogP contribution is -2.29. The number of carbonyl (C=O) groups is 3. The number of hydrogen-bond acceptors (Lipinski definition) is 7. The number of nitrogens with zero attached hydrogens (tertiary/aromatic N) is 3. The predicted octanol–water partition coefficient (Wildman–Crippen LogP) is 1.96. The van der Waals surface area contributed by atoms with Crippen molar-refractivity contribution in [2.24, 2.45) is 0 Å². The van der Waals surface area contributed by atoms with Gasteiger partial charge in [0.25, 0.3) is 11.1 Å². The molecule has 4 N–H and O–H groups in total. The Hall–Kier alpha value is -5.39. The van der Waals surface area contributed by atoms with Gasteiger partial charge in [-0.3, -0.25) is 23.7 Å². The Morgan fingerprint density at radius 2 is 1.62 bits per heavy atom. The predicted molar refractivity (Wildman–Crippen MR) is 134 cm³/mol. The first-order valence-corrected chi connectivity index (χ1v) is 10.9. The molecule has 2 aromatic carbocycles. The molecule has 0 aliphatic carbocycles. The summed E-state index contributed by atoms with van der Waals surface area (Å²) in [7, 11) is 0. The van der Waals surface area contributed by atoms with E-state index >= 15 is 0 Å². The van der Waals surface area contributed by atoms with Crippen LogP contribution in [0.1, 0.15) is 17.3 Å². The van der Waals surface area contributed by atoms with Gasteiger partial charge in [-0.25, -0.2) is 14.8 Å². The van der Waals surface area contributed by atoms with Gasteiger partial charge in [0.15, 0.2) is 0 Å². The minimum Gasteiger partial charge on any atom is -0.477 e.